The molecule has 23 heavy (non-hydrogen) atoms. The Morgan fingerprint density at radius 3 is 2.52 bits per heavy atom. The van der Waals surface area contributed by atoms with Crippen molar-refractivity contribution in [1.82, 2.24) is 0 Å². The summed E-state index contributed by atoms with van der Waals surface area (Å²) in [6.45, 7) is 1.87. The molecule has 0 saturated carbocycles. The van der Waals surface area contributed by atoms with E-state index in [2.05, 4.69) is 5.32 Å². The van der Waals surface area contributed by atoms with Crippen LogP contribution >= 0.6 is 11.3 Å². The van der Waals surface area contributed by atoms with Crippen LogP contribution in [0.25, 0.3) is 6.08 Å². The normalized spacial score (nSPS) is 11.9. The molecule has 3 nitrogen and oxygen atoms in total. The average molecular weight is 336 g/mol. The lowest BCUT2D eigenvalue weighted by molar-refractivity contribution is -0.136. The van der Waals surface area contributed by atoms with Gasteiger partial charge in [0.05, 0.1) is 11.3 Å². The van der Waals surface area contributed by atoms with Gasteiger partial charge < -0.3 is 5.32 Å². The number of halogens is 3. The van der Waals surface area contributed by atoms with Gasteiger partial charge >= 0.3 is 6.18 Å². The third-order valence-electron chi connectivity index (χ3n) is 2.89. The molecule has 0 atom stereocenters. The molecule has 1 aromatic heterocycles. The number of carbonyl (C=O) groups excluding carboxylic acids is 1. The first kappa shape index (κ1) is 16.8. The fraction of sp³-hybridized carbons (Fsp3) is 0.125. The smallest absolute Gasteiger partial charge is 0.321 e. The molecule has 0 fully saturated rings. The molecule has 1 aromatic carbocycles. The predicted molar refractivity (Wildman–Crippen MR) is 82.7 cm³/mol. The first-order chi connectivity index (χ1) is 10.8. The maximum absolute atomic E-state index is 12.9. The van der Waals surface area contributed by atoms with Gasteiger partial charge in [-0.3, -0.25) is 4.79 Å². The van der Waals surface area contributed by atoms with Gasteiger partial charge in [0.1, 0.15) is 11.6 Å². The first-order valence-corrected chi connectivity index (χ1v) is 7.28. The second-order valence-electron chi connectivity index (χ2n) is 4.62. The number of carbonyl (C=O) groups is 1. The van der Waals surface area contributed by atoms with Crippen LogP contribution in [0.1, 0.15) is 15.3 Å². The number of hydrogen-bond donors (Lipinski definition) is 1. The van der Waals surface area contributed by atoms with Crippen LogP contribution < -0.4 is 5.32 Å². The summed E-state index contributed by atoms with van der Waals surface area (Å²) in [6, 6.07) is 9.89. The number of nitriles is 1. The third-order valence-corrected chi connectivity index (χ3v) is 3.84. The van der Waals surface area contributed by atoms with Gasteiger partial charge in [0.2, 0.25) is 0 Å². The van der Waals surface area contributed by atoms with Gasteiger partial charge in [0.25, 0.3) is 5.91 Å². The average Bonchev–Trinajstić information content (AvgIpc) is 2.89. The van der Waals surface area contributed by atoms with Crippen LogP contribution in [0.15, 0.2) is 42.0 Å². The van der Waals surface area contributed by atoms with Crippen molar-refractivity contribution in [2.45, 2.75) is 13.1 Å². The molecule has 1 N–H and O–H groups in total. The molecule has 0 bridgehead atoms. The third kappa shape index (κ3) is 4.20. The molecule has 1 heterocycles. The molecule has 0 aliphatic rings. The van der Waals surface area contributed by atoms with Crippen molar-refractivity contribution in [2.24, 2.45) is 0 Å². The molecule has 0 aliphatic heterocycles. The quantitative estimate of drug-likeness (QED) is 0.657. The van der Waals surface area contributed by atoms with Gasteiger partial charge in [-0.2, -0.15) is 18.4 Å². The molecule has 0 aliphatic carbocycles. The van der Waals surface area contributed by atoms with Crippen LogP contribution in [0.4, 0.5) is 18.9 Å². The van der Waals surface area contributed by atoms with Gasteiger partial charge in [-0.15, -0.1) is 11.3 Å². The van der Waals surface area contributed by atoms with Crippen LogP contribution in [0.3, 0.4) is 0 Å². The highest BCUT2D eigenvalue weighted by Gasteiger charge is 2.33. The van der Waals surface area contributed by atoms with Crippen molar-refractivity contribution in [1.29, 1.82) is 5.26 Å². The Bertz CT molecular complexity index is 800. The van der Waals surface area contributed by atoms with E-state index in [1.807, 2.05) is 13.0 Å². The number of anilines is 1. The Morgan fingerprint density at radius 1 is 1.26 bits per heavy atom. The zero-order valence-electron chi connectivity index (χ0n) is 11.9. The number of nitrogens with one attached hydrogen (secondary N) is 1. The number of nitrogens with zero attached hydrogens (tertiary/aromatic N) is 1. The second kappa shape index (κ2) is 6.67. The molecular formula is C16H11F3N2OS. The topological polar surface area (TPSA) is 52.9 Å². The van der Waals surface area contributed by atoms with Gasteiger partial charge in [-0.1, -0.05) is 12.1 Å². The van der Waals surface area contributed by atoms with E-state index in [1.54, 1.807) is 12.1 Å². The van der Waals surface area contributed by atoms with Crippen LogP contribution in [-0.4, -0.2) is 5.91 Å². The summed E-state index contributed by atoms with van der Waals surface area (Å²) in [5.74, 6) is -0.879. The Kier molecular flexibility index (Phi) is 4.86. The van der Waals surface area contributed by atoms with E-state index in [-0.39, 0.29) is 11.3 Å². The fourth-order valence-electron chi connectivity index (χ4n) is 1.85. The molecule has 0 saturated heterocycles. The van der Waals surface area contributed by atoms with E-state index in [9.17, 15) is 18.0 Å². The number of para-hydroxylation sites is 1. The highest BCUT2D eigenvalue weighted by atomic mass is 32.1. The monoisotopic (exact) mass is 336 g/mol. The molecule has 1 amide bonds. The van der Waals surface area contributed by atoms with E-state index in [4.69, 9.17) is 5.26 Å². The lowest BCUT2D eigenvalue weighted by Gasteiger charge is -2.13. The van der Waals surface area contributed by atoms with Gasteiger partial charge in [-0.05, 0) is 37.3 Å². The number of amides is 1. The molecule has 0 unspecified atom stereocenters. The maximum Gasteiger partial charge on any atom is 0.418 e. The molecule has 0 spiro atoms. The Hall–Kier alpha value is -2.59. The van der Waals surface area contributed by atoms with Crippen molar-refractivity contribution >= 4 is 29.0 Å². The summed E-state index contributed by atoms with van der Waals surface area (Å²) in [6.07, 6.45) is -3.24. The Labute approximate surface area is 134 Å². The molecule has 0 radical (unpaired) electrons. The van der Waals surface area contributed by atoms with Crippen molar-refractivity contribution in [3.8, 4) is 6.07 Å². The largest absolute Gasteiger partial charge is 0.418 e. The summed E-state index contributed by atoms with van der Waals surface area (Å²) in [4.78, 5) is 13.7. The zero-order chi connectivity index (χ0) is 17.0. The van der Waals surface area contributed by atoms with Crippen LogP contribution in [0.2, 0.25) is 0 Å². The minimum atomic E-state index is -4.59. The standard InChI is InChI=1S/C16H11F3N2OS/c1-10-6-7-12(23-10)8-11(9-20)15(22)21-14-5-3-2-4-13(14)16(17,18)19/h2-8H,1H3,(H,21,22). The van der Waals surface area contributed by atoms with Crippen molar-refractivity contribution in [3.05, 3.63) is 57.3 Å². The lowest BCUT2D eigenvalue weighted by atomic mass is 10.1. The fourth-order valence-corrected chi connectivity index (χ4v) is 2.67. The number of hydrogen-bond acceptors (Lipinski definition) is 3. The van der Waals surface area contributed by atoms with Crippen molar-refractivity contribution in [2.75, 3.05) is 5.32 Å². The summed E-state index contributed by atoms with van der Waals surface area (Å²) in [5.41, 5.74) is -1.60. The van der Waals surface area contributed by atoms with Gasteiger partial charge in [-0.25, -0.2) is 0 Å². The number of thiophene rings is 1. The van der Waals surface area contributed by atoms with E-state index in [0.717, 1.165) is 17.0 Å². The van der Waals surface area contributed by atoms with Crippen molar-refractivity contribution in [3.63, 3.8) is 0 Å². The number of benzene rings is 1. The highest BCUT2D eigenvalue weighted by Crippen LogP contribution is 2.34. The Balaban J connectivity index is 2.28. The van der Waals surface area contributed by atoms with E-state index < -0.39 is 17.6 Å². The molecule has 2 aromatic rings. The number of rotatable bonds is 3. The van der Waals surface area contributed by atoms with E-state index >= 15 is 0 Å². The summed E-state index contributed by atoms with van der Waals surface area (Å²) in [5, 5.41) is 11.2. The zero-order valence-corrected chi connectivity index (χ0v) is 12.8. The van der Waals surface area contributed by atoms with Crippen molar-refractivity contribution < 1.29 is 18.0 Å². The SMILES string of the molecule is Cc1ccc(C=C(C#N)C(=O)Nc2ccccc2C(F)(F)F)s1. The van der Waals surface area contributed by atoms with Crippen LogP contribution in [0.5, 0.6) is 0 Å². The molecule has 118 valence electrons. The van der Waals surface area contributed by atoms with Gasteiger partial charge in [0, 0.05) is 9.75 Å². The predicted octanol–water partition coefficient (Wildman–Crippen LogP) is 4.62. The number of aryl methyl sites for hydroxylation is 1. The van der Waals surface area contributed by atoms with E-state index in [0.29, 0.717) is 4.88 Å². The van der Waals surface area contributed by atoms with Gasteiger partial charge in [0.15, 0.2) is 0 Å². The summed E-state index contributed by atoms with van der Waals surface area (Å²) in [7, 11) is 0. The van der Waals surface area contributed by atoms with E-state index in [1.165, 1.54) is 29.5 Å². The molecule has 2 rings (SSSR count). The second-order valence-corrected chi connectivity index (χ2v) is 5.94. The highest BCUT2D eigenvalue weighted by molar-refractivity contribution is 7.12. The Morgan fingerprint density at radius 2 is 1.96 bits per heavy atom. The van der Waals surface area contributed by atoms with Crippen LogP contribution in [0, 0.1) is 18.3 Å². The lowest BCUT2D eigenvalue weighted by Crippen LogP contribution is -2.17. The van der Waals surface area contributed by atoms with Crippen LogP contribution in [-0.2, 0) is 11.0 Å². The maximum atomic E-state index is 12.9. The number of alkyl halides is 3. The minimum Gasteiger partial charge on any atom is -0.321 e. The first-order valence-electron chi connectivity index (χ1n) is 6.47. The minimum absolute atomic E-state index is 0.260. The molecular weight excluding hydrogens is 325 g/mol. The molecule has 7 heteroatoms. The summed E-state index contributed by atoms with van der Waals surface area (Å²) >= 11 is 1.38. The summed E-state index contributed by atoms with van der Waals surface area (Å²) < 4.78 is 38.7.